The van der Waals surface area contributed by atoms with Crippen LogP contribution in [0.1, 0.15) is 44.2 Å². The molecule has 1 aliphatic rings. The third-order valence-corrected chi connectivity index (χ3v) is 5.26. The van der Waals surface area contributed by atoms with E-state index in [9.17, 15) is 14.4 Å². The molecule has 2 amide bonds. The third kappa shape index (κ3) is 5.38. The highest BCUT2D eigenvalue weighted by Crippen LogP contribution is 2.44. The summed E-state index contributed by atoms with van der Waals surface area (Å²) in [4.78, 5) is 38.9. The molecule has 0 heterocycles. The largest absolute Gasteiger partial charge is 0.449 e. The lowest BCUT2D eigenvalue weighted by Crippen LogP contribution is -2.49. The zero-order chi connectivity index (χ0) is 22.4. The fraction of sp³-hybridized carbons (Fsp3) is 0.375. The molecule has 1 aliphatic carbocycles. The van der Waals surface area contributed by atoms with Gasteiger partial charge in [0.1, 0.15) is 18.8 Å². The topological polar surface area (TPSA) is 96.9 Å². The van der Waals surface area contributed by atoms with Crippen molar-refractivity contribution in [1.29, 1.82) is 0 Å². The molecule has 2 aromatic carbocycles. The molecule has 2 aromatic rings. The Hall–Kier alpha value is -3.44. The van der Waals surface area contributed by atoms with Crippen LogP contribution in [0.3, 0.4) is 0 Å². The monoisotopic (exact) mass is 421 g/mol. The minimum absolute atomic E-state index is 0.0579. The Bertz CT molecular complexity index is 952. The van der Waals surface area contributed by atoms with Crippen LogP contribution < -0.4 is 10.6 Å². The molecule has 0 bridgehead atoms. The van der Waals surface area contributed by atoms with E-state index in [1.54, 1.807) is 6.92 Å². The van der Waals surface area contributed by atoms with Gasteiger partial charge in [0.05, 0.1) is 0 Å². The Morgan fingerprint density at radius 3 is 2.13 bits per heavy atom. The number of ether oxygens (including phenoxy) is 1. The van der Waals surface area contributed by atoms with E-state index in [1.807, 2.05) is 50.2 Å². The summed E-state index contributed by atoms with van der Waals surface area (Å²) in [6.07, 6.45) is 0.457. The molecule has 0 spiro atoms. The van der Waals surface area contributed by atoms with Crippen LogP contribution in [0.25, 0.3) is 11.1 Å². The maximum atomic E-state index is 12.5. The lowest BCUT2D eigenvalue weighted by Gasteiger charge is -2.21. The maximum Gasteiger partial charge on any atom is 0.407 e. The summed E-state index contributed by atoms with van der Waals surface area (Å²) in [5.41, 5.74) is 4.53. The Morgan fingerprint density at radius 2 is 1.58 bits per heavy atom. The van der Waals surface area contributed by atoms with Crippen LogP contribution in [-0.4, -0.2) is 36.9 Å². The molecule has 2 N–H and O–H groups in total. The standard InChI is InChI=1S/C24H27N3O4/c1-15(2)12-22(23(29)26-16(3)25-14-28)27-24(30)31-13-21-19-10-6-4-8-17(19)18-9-5-7-11-20(18)21/h4-11,15-16,21-22H,12-13H2,1-3H3,(H,26,29)(H,27,30)/t16-,22-/m0/s1. The van der Waals surface area contributed by atoms with E-state index in [-0.39, 0.29) is 18.4 Å². The second kappa shape index (κ2) is 10.0. The summed E-state index contributed by atoms with van der Waals surface area (Å²) >= 11 is 0. The number of hydrogen-bond acceptors (Lipinski definition) is 5. The van der Waals surface area contributed by atoms with Crippen LogP contribution in [0.2, 0.25) is 0 Å². The molecule has 31 heavy (non-hydrogen) atoms. The number of fused-ring (bicyclic) bond motifs is 3. The number of carbonyl (C=O) groups is 2. The van der Waals surface area contributed by atoms with Gasteiger partial charge in [0.15, 0.2) is 0 Å². The van der Waals surface area contributed by atoms with Crippen molar-refractivity contribution in [1.82, 2.24) is 10.6 Å². The minimum Gasteiger partial charge on any atom is -0.449 e. The van der Waals surface area contributed by atoms with Crippen molar-refractivity contribution in [2.75, 3.05) is 6.61 Å². The molecular formula is C24H27N3O4. The fourth-order valence-corrected chi connectivity index (χ4v) is 3.90. The number of aliphatic imine (C=N–C) groups is 1. The number of nitrogens with zero attached hydrogens (tertiary/aromatic N) is 1. The van der Waals surface area contributed by atoms with Crippen LogP contribution in [0.4, 0.5) is 4.79 Å². The van der Waals surface area contributed by atoms with Crippen LogP contribution in [0.5, 0.6) is 0 Å². The van der Waals surface area contributed by atoms with Gasteiger partial charge in [-0.2, -0.15) is 4.99 Å². The molecule has 162 valence electrons. The number of hydrogen-bond donors (Lipinski definition) is 2. The minimum atomic E-state index is -0.792. The number of benzene rings is 2. The Labute approximate surface area is 181 Å². The predicted molar refractivity (Wildman–Crippen MR) is 117 cm³/mol. The number of isocyanates is 1. The Morgan fingerprint density at radius 1 is 1.00 bits per heavy atom. The molecule has 0 radical (unpaired) electrons. The van der Waals surface area contributed by atoms with Crippen molar-refractivity contribution in [2.24, 2.45) is 10.9 Å². The van der Waals surface area contributed by atoms with E-state index in [4.69, 9.17) is 4.74 Å². The smallest absolute Gasteiger partial charge is 0.407 e. The molecule has 7 heteroatoms. The van der Waals surface area contributed by atoms with Gasteiger partial charge in [0.2, 0.25) is 12.0 Å². The molecular weight excluding hydrogens is 394 g/mol. The molecule has 0 saturated heterocycles. The molecule has 0 fully saturated rings. The summed E-state index contributed by atoms with van der Waals surface area (Å²) in [5.74, 6) is -0.319. The molecule has 0 saturated carbocycles. The summed E-state index contributed by atoms with van der Waals surface area (Å²) in [6, 6.07) is 15.4. The van der Waals surface area contributed by atoms with Crippen molar-refractivity contribution in [3.63, 3.8) is 0 Å². The lowest BCUT2D eigenvalue weighted by molar-refractivity contribution is -0.124. The first kappa shape index (κ1) is 22.2. The van der Waals surface area contributed by atoms with Crippen molar-refractivity contribution in [2.45, 2.75) is 45.3 Å². The SMILES string of the molecule is CC(C)C[C@H](NC(=O)OCC1c2ccccc2-c2ccccc21)C(=O)N[C@@H](C)N=C=O. The van der Waals surface area contributed by atoms with Crippen LogP contribution in [0.15, 0.2) is 53.5 Å². The lowest BCUT2D eigenvalue weighted by atomic mass is 9.98. The van der Waals surface area contributed by atoms with Gasteiger partial charge in [0, 0.05) is 5.92 Å². The highest BCUT2D eigenvalue weighted by molar-refractivity contribution is 5.86. The second-order valence-corrected chi connectivity index (χ2v) is 8.06. The summed E-state index contributed by atoms with van der Waals surface area (Å²) in [6.45, 7) is 5.63. The van der Waals surface area contributed by atoms with E-state index in [2.05, 4.69) is 27.8 Å². The number of alkyl carbamates (subject to hydrolysis) is 1. The number of nitrogens with one attached hydrogen (secondary N) is 2. The Balaban J connectivity index is 1.66. The molecule has 0 unspecified atom stereocenters. The van der Waals surface area contributed by atoms with Gasteiger partial charge in [-0.1, -0.05) is 62.4 Å². The third-order valence-electron chi connectivity index (χ3n) is 5.26. The average molecular weight is 421 g/mol. The van der Waals surface area contributed by atoms with E-state index in [1.165, 1.54) is 6.08 Å². The van der Waals surface area contributed by atoms with Crippen LogP contribution >= 0.6 is 0 Å². The normalized spacial score (nSPS) is 14.1. The fourth-order valence-electron chi connectivity index (χ4n) is 3.90. The zero-order valence-corrected chi connectivity index (χ0v) is 17.9. The number of amides is 2. The first-order valence-electron chi connectivity index (χ1n) is 10.4. The predicted octanol–water partition coefficient (Wildman–Crippen LogP) is 3.74. The van der Waals surface area contributed by atoms with E-state index in [0.29, 0.717) is 6.42 Å². The molecule has 0 aromatic heterocycles. The van der Waals surface area contributed by atoms with Gasteiger partial charge < -0.3 is 15.4 Å². The van der Waals surface area contributed by atoms with E-state index >= 15 is 0 Å². The summed E-state index contributed by atoms with van der Waals surface area (Å²) in [7, 11) is 0. The number of rotatable bonds is 8. The van der Waals surface area contributed by atoms with Gasteiger partial charge in [-0.25, -0.2) is 9.59 Å². The summed E-state index contributed by atoms with van der Waals surface area (Å²) < 4.78 is 5.54. The average Bonchev–Trinajstić information content (AvgIpc) is 3.05. The first-order valence-corrected chi connectivity index (χ1v) is 10.4. The van der Waals surface area contributed by atoms with Crippen molar-refractivity contribution in [3.05, 3.63) is 59.7 Å². The van der Waals surface area contributed by atoms with Crippen LogP contribution in [-0.2, 0) is 14.3 Å². The molecule has 3 rings (SSSR count). The zero-order valence-electron chi connectivity index (χ0n) is 17.9. The maximum absolute atomic E-state index is 12.5. The Kier molecular flexibility index (Phi) is 7.21. The van der Waals surface area contributed by atoms with Gasteiger partial charge in [0.25, 0.3) is 0 Å². The van der Waals surface area contributed by atoms with Crippen molar-refractivity contribution in [3.8, 4) is 11.1 Å². The van der Waals surface area contributed by atoms with Gasteiger partial charge in [-0.3, -0.25) is 4.79 Å². The van der Waals surface area contributed by atoms with E-state index in [0.717, 1.165) is 22.3 Å². The van der Waals surface area contributed by atoms with Gasteiger partial charge >= 0.3 is 6.09 Å². The molecule has 2 atom stereocenters. The quantitative estimate of drug-likeness (QED) is 0.501. The van der Waals surface area contributed by atoms with Gasteiger partial charge in [-0.05, 0) is 41.5 Å². The van der Waals surface area contributed by atoms with Crippen molar-refractivity contribution < 1.29 is 19.1 Å². The number of carbonyl (C=O) groups excluding carboxylic acids is 3. The highest BCUT2D eigenvalue weighted by atomic mass is 16.5. The van der Waals surface area contributed by atoms with E-state index < -0.39 is 24.2 Å². The van der Waals surface area contributed by atoms with Crippen LogP contribution in [0, 0.1) is 5.92 Å². The summed E-state index contributed by atoms with van der Waals surface area (Å²) in [5, 5.41) is 5.23. The van der Waals surface area contributed by atoms with Gasteiger partial charge in [-0.15, -0.1) is 0 Å². The second-order valence-electron chi connectivity index (χ2n) is 8.06. The first-order chi connectivity index (χ1) is 14.9. The van der Waals surface area contributed by atoms with Crippen molar-refractivity contribution >= 4 is 18.1 Å². The molecule has 7 nitrogen and oxygen atoms in total. The highest BCUT2D eigenvalue weighted by Gasteiger charge is 2.30. The molecule has 0 aliphatic heterocycles.